The monoisotopic (exact) mass is 332 g/mol. The molecule has 1 aromatic heterocycles. The summed E-state index contributed by atoms with van der Waals surface area (Å²) >= 11 is 0. The average molecular weight is 332 g/mol. The summed E-state index contributed by atoms with van der Waals surface area (Å²) in [6.07, 6.45) is 9.55. The minimum absolute atomic E-state index is 0.282. The van der Waals surface area contributed by atoms with Crippen molar-refractivity contribution < 1.29 is 4.42 Å². The molecule has 1 aromatic rings. The van der Waals surface area contributed by atoms with Gasteiger partial charge in [0, 0.05) is 19.6 Å². The van der Waals surface area contributed by atoms with Gasteiger partial charge in [-0.3, -0.25) is 9.89 Å². The van der Waals surface area contributed by atoms with Crippen molar-refractivity contribution in [3.05, 3.63) is 24.2 Å². The van der Waals surface area contributed by atoms with Crippen LogP contribution in [0.25, 0.3) is 0 Å². The lowest BCUT2D eigenvalue weighted by Gasteiger charge is -2.33. The second-order valence-corrected chi connectivity index (χ2v) is 7.12. The van der Waals surface area contributed by atoms with Crippen molar-refractivity contribution >= 4 is 5.96 Å². The summed E-state index contributed by atoms with van der Waals surface area (Å²) in [5.74, 6) is 2.80. The quantitative estimate of drug-likeness (QED) is 0.595. The standard InChI is InChI=1S/C19H32N4O/c1-3-8-15-13-16(15)22-19(20-2)21-14-17(18-9-7-12-24-18)23-10-5-4-6-11-23/h7,9,12,15-17H,3-6,8,10-11,13-14H2,1-2H3,(H2,20,21,22). The molecule has 0 aromatic carbocycles. The number of hydrogen-bond acceptors (Lipinski definition) is 3. The van der Waals surface area contributed by atoms with Gasteiger partial charge in [-0.05, 0) is 56.8 Å². The maximum absolute atomic E-state index is 5.72. The Morgan fingerprint density at radius 1 is 1.38 bits per heavy atom. The maximum Gasteiger partial charge on any atom is 0.191 e. The molecule has 0 spiro atoms. The van der Waals surface area contributed by atoms with Crippen LogP contribution >= 0.6 is 0 Å². The molecule has 0 radical (unpaired) electrons. The van der Waals surface area contributed by atoms with Crippen LogP contribution in [0.1, 0.15) is 57.3 Å². The molecule has 1 aliphatic heterocycles. The van der Waals surface area contributed by atoms with Crippen molar-refractivity contribution in [1.82, 2.24) is 15.5 Å². The Morgan fingerprint density at radius 2 is 2.21 bits per heavy atom. The van der Waals surface area contributed by atoms with E-state index >= 15 is 0 Å². The Morgan fingerprint density at radius 3 is 2.88 bits per heavy atom. The maximum atomic E-state index is 5.72. The molecule has 2 aliphatic rings. The fraction of sp³-hybridized carbons (Fsp3) is 0.737. The minimum Gasteiger partial charge on any atom is -0.468 e. The van der Waals surface area contributed by atoms with E-state index in [0.717, 1.165) is 37.3 Å². The van der Waals surface area contributed by atoms with Crippen LogP contribution in [-0.4, -0.2) is 43.6 Å². The zero-order valence-electron chi connectivity index (χ0n) is 15.1. The molecule has 24 heavy (non-hydrogen) atoms. The smallest absolute Gasteiger partial charge is 0.191 e. The first-order valence-electron chi connectivity index (χ1n) is 9.56. The number of nitrogens with one attached hydrogen (secondary N) is 2. The van der Waals surface area contributed by atoms with E-state index in [1.807, 2.05) is 13.1 Å². The van der Waals surface area contributed by atoms with Crippen molar-refractivity contribution in [3.8, 4) is 0 Å². The van der Waals surface area contributed by atoms with Crippen molar-refractivity contribution in [2.75, 3.05) is 26.7 Å². The van der Waals surface area contributed by atoms with Crippen LogP contribution in [-0.2, 0) is 0 Å². The van der Waals surface area contributed by atoms with Gasteiger partial charge in [0.05, 0.1) is 12.3 Å². The van der Waals surface area contributed by atoms with Gasteiger partial charge in [-0.2, -0.15) is 0 Å². The van der Waals surface area contributed by atoms with E-state index in [1.165, 1.54) is 38.5 Å². The van der Waals surface area contributed by atoms with Gasteiger partial charge < -0.3 is 15.1 Å². The van der Waals surface area contributed by atoms with E-state index in [2.05, 4.69) is 33.5 Å². The molecular weight excluding hydrogens is 300 g/mol. The first kappa shape index (κ1) is 17.3. The fourth-order valence-electron chi connectivity index (χ4n) is 3.80. The largest absolute Gasteiger partial charge is 0.468 e. The lowest BCUT2D eigenvalue weighted by atomic mass is 10.1. The van der Waals surface area contributed by atoms with Crippen LogP contribution < -0.4 is 10.6 Å². The number of hydrogen-bond donors (Lipinski definition) is 2. The van der Waals surface area contributed by atoms with Crippen LogP contribution in [0.4, 0.5) is 0 Å². The first-order chi connectivity index (χ1) is 11.8. The topological polar surface area (TPSA) is 52.8 Å². The number of furan rings is 1. The van der Waals surface area contributed by atoms with Gasteiger partial charge in [0.15, 0.2) is 5.96 Å². The molecular formula is C19H32N4O. The Bertz CT molecular complexity index is 507. The van der Waals surface area contributed by atoms with Crippen molar-refractivity contribution in [2.24, 2.45) is 10.9 Å². The van der Waals surface area contributed by atoms with Gasteiger partial charge >= 0.3 is 0 Å². The number of aliphatic imine (C=N–C) groups is 1. The van der Waals surface area contributed by atoms with Crippen LogP contribution in [0.3, 0.4) is 0 Å². The summed E-state index contributed by atoms with van der Waals surface area (Å²) in [5, 5.41) is 7.10. The molecule has 0 amide bonds. The molecule has 1 saturated carbocycles. The normalized spacial score (nSPS) is 26.2. The Balaban J connectivity index is 1.54. The molecule has 5 nitrogen and oxygen atoms in total. The highest BCUT2D eigenvalue weighted by Gasteiger charge is 2.36. The second kappa shape index (κ2) is 8.56. The predicted octanol–water partition coefficient (Wildman–Crippen LogP) is 3.16. The highest BCUT2D eigenvalue weighted by Crippen LogP contribution is 2.34. The van der Waals surface area contributed by atoms with Gasteiger partial charge in [0.2, 0.25) is 0 Å². The molecule has 3 rings (SSSR count). The zero-order chi connectivity index (χ0) is 16.8. The second-order valence-electron chi connectivity index (χ2n) is 7.12. The fourth-order valence-corrected chi connectivity index (χ4v) is 3.80. The molecule has 0 bridgehead atoms. The summed E-state index contributed by atoms with van der Waals surface area (Å²) in [5.41, 5.74) is 0. The molecule has 1 saturated heterocycles. The van der Waals surface area contributed by atoms with E-state index < -0.39 is 0 Å². The Hall–Kier alpha value is -1.49. The van der Waals surface area contributed by atoms with Crippen molar-refractivity contribution in [2.45, 2.75) is 57.5 Å². The highest BCUT2D eigenvalue weighted by molar-refractivity contribution is 5.80. The lowest BCUT2D eigenvalue weighted by Crippen LogP contribution is -2.45. The van der Waals surface area contributed by atoms with E-state index in [-0.39, 0.29) is 6.04 Å². The van der Waals surface area contributed by atoms with Gasteiger partial charge in [-0.1, -0.05) is 19.8 Å². The number of likely N-dealkylation sites (tertiary alicyclic amines) is 1. The van der Waals surface area contributed by atoms with E-state index in [0.29, 0.717) is 6.04 Å². The number of rotatable bonds is 7. The molecule has 5 heteroatoms. The summed E-state index contributed by atoms with van der Waals surface area (Å²) in [6.45, 7) is 5.40. The van der Waals surface area contributed by atoms with Crippen LogP contribution in [0.15, 0.2) is 27.8 Å². The van der Waals surface area contributed by atoms with Crippen molar-refractivity contribution in [3.63, 3.8) is 0 Å². The minimum atomic E-state index is 0.282. The summed E-state index contributed by atoms with van der Waals surface area (Å²) in [7, 11) is 1.86. The summed E-state index contributed by atoms with van der Waals surface area (Å²) in [4.78, 5) is 6.95. The molecule has 134 valence electrons. The van der Waals surface area contributed by atoms with Crippen molar-refractivity contribution in [1.29, 1.82) is 0 Å². The molecule has 2 N–H and O–H groups in total. The SMILES string of the molecule is CCCC1CC1NC(=NC)NCC(c1ccco1)N1CCCCC1. The third kappa shape index (κ3) is 4.53. The number of piperidine rings is 1. The van der Waals surface area contributed by atoms with Crippen LogP contribution in [0, 0.1) is 5.92 Å². The predicted molar refractivity (Wildman–Crippen MR) is 98.2 cm³/mol. The molecule has 2 heterocycles. The zero-order valence-corrected chi connectivity index (χ0v) is 15.1. The molecule has 3 unspecified atom stereocenters. The number of guanidine groups is 1. The van der Waals surface area contributed by atoms with Crippen LogP contribution in [0.5, 0.6) is 0 Å². The molecule has 3 atom stereocenters. The third-order valence-electron chi connectivity index (χ3n) is 5.29. The van der Waals surface area contributed by atoms with E-state index in [4.69, 9.17) is 4.42 Å². The van der Waals surface area contributed by atoms with Gasteiger partial charge in [0.25, 0.3) is 0 Å². The van der Waals surface area contributed by atoms with E-state index in [1.54, 1.807) is 6.26 Å². The lowest BCUT2D eigenvalue weighted by molar-refractivity contribution is 0.146. The highest BCUT2D eigenvalue weighted by atomic mass is 16.3. The summed E-state index contributed by atoms with van der Waals surface area (Å²) < 4.78 is 5.72. The third-order valence-corrected chi connectivity index (χ3v) is 5.29. The van der Waals surface area contributed by atoms with Gasteiger partial charge in [-0.15, -0.1) is 0 Å². The Labute approximate surface area is 145 Å². The molecule has 2 fully saturated rings. The first-order valence-corrected chi connectivity index (χ1v) is 9.56. The molecule has 1 aliphatic carbocycles. The number of nitrogens with zero attached hydrogens (tertiary/aromatic N) is 2. The van der Waals surface area contributed by atoms with Gasteiger partial charge in [0.1, 0.15) is 5.76 Å². The average Bonchev–Trinajstić information content (AvgIpc) is 3.11. The van der Waals surface area contributed by atoms with Gasteiger partial charge in [-0.25, -0.2) is 0 Å². The van der Waals surface area contributed by atoms with Crippen LogP contribution in [0.2, 0.25) is 0 Å². The van der Waals surface area contributed by atoms with E-state index in [9.17, 15) is 0 Å². The Kier molecular flexibility index (Phi) is 6.18. The summed E-state index contributed by atoms with van der Waals surface area (Å²) in [6, 6.07) is 4.96.